The van der Waals surface area contributed by atoms with Crippen molar-refractivity contribution in [2.45, 2.75) is 13.0 Å². The number of halogens is 2. The van der Waals surface area contributed by atoms with Gasteiger partial charge in [0.2, 0.25) is 10.0 Å². The number of hydrogen-bond acceptors (Lipinski definition) is 6. The average molecular weight is 577 g/mol. The lowest BCUT2D eigenvalue weighted by molar-refractivity contribution is 0.0720. The Balaban J connectivity index is 1.84. The summed E-state index contributed by atoms with van der Waals surface area (Å²) in [5, 5.41) is 10.8. The molecule has 0 radical (unpaired) electrons. The molecule has 206 valence electrons. The van der Waals surface area contributed by atoms with Crippen LogP contribution >= 0.6 is 11.6 Å². The van der Waals surface area contributed by atoms with Gasteiger partial charge in [-0.1, -0.05) is 17.7 Å². The van der Waals surface area contributed by atoms with Gasteiger partial charge in [0.25, 0.3) is 17.4 Å². The molecule has 0 unspecified atom stereocenters. The quantitative estimate of drug-likeness (QED) is 0.482. The summed E-state index contributed by atoms with van der Waals surface area (Å²) < 4.78 is 39.5. The van der Waals surface area contributed by atoms with Crippen molar-refractivity contribution in [1.82, 2.24) is 14.4 Å². The van der Waals surface area contributed by atoms with Crippen molar-refractivity contribution < 1.29 is 27.5 Å². The standard InChI is InChI=1S/C26H26ClFN4O6S/c1-29(2)25(35)22-18-11-12-31(14-15-5-10-20(28)19(27)13-15)24(34)21(18)23(33)26(36)32(22)17-8-6-16(7-9-17)30(3)39(4,37)38/h5-10,13,33H,11-12,14H2,1-4H3. The Morgan fingerprint density at radius 1 is 1.10 bits per heavy atom. The Morgan fingerprint density at radius 2 is 1.74 bits per heavy atom. The number of carbonyl (C=O) groups is 2. The van der Waals surface area contributed by atoms with Crippen LogP contribution in [0.3, 0.4) is 0 Å². The van der Waals surface area contributed by atoms with Crippen LogP contribution in [0, 0.1) is 5.82 Å². The fourth-order valence-corrected chi connectivity index (χ4v) is 5.09. The number of pyridine rings is 1. The van der Waals surface area contributed by atoms with Gasteiger partial charge < -0.3 is 14.9 Å². The van der Waals surface area contributed by atoms with Crippen molar-refractivity contribution in [2.75, 3.05) is 38.2 Å². The molecular weight excluding hydrogens is 551 g/mol. The third-order valence-corrected chi connectivity index (χ3v) is 8.02. The zero-order valence-corrected chi connectivity index (χ0v) is 23.2. The van der Waals surface area contributed by atoms with Crippen LogP contribution in [-0.4, -0.2) is 73.6 Å². The Bertz CT molecular complexity index is 1650. The molecule has 4 rings (SSSR count). The first-order valence-electron chi connectivity index (χ1n) is 11.7. The van der Waals surface area contributed by atoms with Gasteiger partial charge in [-0.2, -0.15) is 0 Å². The van der Waals surface area contributed by atoms with Crippen molar-refractivity contribution in [3.05, 3.63) is 86.0 Å². The highest BCUT2D eigenvalue weighted by atomic mass is 35.5. The maximum atomic E-state index is 13.6. The highest BCUT2D eigenvalue weighted by molar-refractivity contribution is 7.92. The highest BCUT2D eigenvalue weighted by Crippen LogP contribution is 2.31. The molecule has 39 heavy (non-hydrogen) atoms. The zero-order valence-electron chi connectivity index (χ0n) is 21.6. The van der Waals surface area contributed by atoms with Crippen molar-refractivity contribution in [1.29, 1.82) is 0 Å². The lowest BCUT2D eigenvalue weighted by Gasteiger charge is -2.31. The second-order valence-electron chi connectivity index (χ2n) is 9.36. The predicted octanol–water partition coefficient (Wildman–Crippen LogP) is 2.63. The molecule has 1 aromatic heterocycles. The molecule has 0 saturated heterocycles. The number of aromatic hydroxyl groups is 1. The number of sulfonamides is 1. The third-order valence-electron chi connectivity index (χ3n) is 6.52. The molecule has 3 aromatic rings. The SMILES string of the molecule is CN(C)C(=O)c1c2c(c(O)c(=O)n1-c1ccc(N(C)S(C)(=O)=O)cc1)C(=O)N(Cc1ccc(F)c(Cl)c1)CC2. The summed E-state index contributed by atoms with van der Waals surface area (Å²) in [5.41, 5.74) is -0.0536. The number of aromatic nitrogens is 1. The van der Waals surface area contributed by atoms with Crippen molar-refractivity contribution in [3.8, 4) is 11.4 Å². The van der Waals surface area contributed by atoms with Gasteiger partial charge in [-0.05, 0) is 48.4 Å². The molecular formula is C26H26ClFN4O6S. The molecule has 0 atom stereocenters. The van der Waals surface area contributed by atoms with E-state index in [0.29, 0.717) is 11.3 Å². The van der Waals surface area contributed by atoms with Gasteiger partial charge >= 0.3 is 0 Å². The van der Waals surface area contributed by atoms with E-state index in [2.05, 4.69) is 0 Å². The largest absolute Gasteiger partial charge is 0.502 e. The van der Waals surface area contributed by atoms with Gasteiger partial charge in [-0.25, -0.2) is 12.8 Å². The van der Waals surface area contributed by atoms with Crippen LogP contribution in [0.1, 0.15) is 32.0 Å². The molecule has 0 aliphatic carbocycles. The summed E-state index contributed by atoms with van der Waals surface area (Å²) in [7, 11) is 0.830. The Labute approximate surface area is 229 Å². The van der Waals surface area contributed by atoms with Crippen LogP contribution in [0.4, 0.5) is 10.1 Å². The number of hydrogen-bond donors (Lipinski definition) is 1. The van der Waals surface area contributed by atoms with E-state index in [4.69, 9.17) is 11.6 Å². The van der Waals surface area contributed by atoms with E-state index in [1.165, 1.54) is 73.4 Å². The maximum Gasteiger partial charge on any atom is 0.298 e. The van der Waals surface area contributed by atoms with Crippen LogP contribution in [0.25, 0.3) is 5.69 Å². The van der Waals surface area contributed by atoms with E-state index in [1.807, 2.05) is 0 Å². The molecule has 13 heteroatoms. The van der Waals surface area contributed by atoms with Gasteiger partial charge in [-0.15, -0.1) is 0 Å². The molecule has 0 spiro atoms. The second kappa shape index (κ2) is 10.3. The molecule has 0 saturated carbocycles. The van der Waals surface area contributed by atoms with E-state index >= 15 is 0 Å². The molecule has 0 fully saturated rings. The second-order valence-corrected chi connectivity index (χ2v) is 11.8. The number of carbonyl (C=O) groups excluding carboxylic acids is 2. The summed E-state index contributed by atoms with van der Waals surface area (Å²) >= 11 is 5.87. The average Bonchev–Trinajstić information content (AvgIpc) is 2.88. The molecule has 2 aromatic carbocycles. The number of nitrogens with zero attached hydrogens (tertiary/aromatic N) is 4. The van der Waals surface area contributed by atoms with E-state index in [9.17, 15) is 32.3 Å². The van der Waals surface area contributed by atoms with E-state index in [0.717, 1.165) is 15.1 Å². The first-order chi connectivity index (χ1) is 18.2. The van der Waals surface area contributed by atoms with Crippen LogP contribution < -0.4 is 9.86 Å². The van der Waals surface area contributed by atoms with Gasteiger partial charge in [-0.3, -0.25) is 23.3 Å². The van der Waals surface area contributed by atoms with Gasteiger partial charge in [0.1, 0.15) is 11.5 Å². The minimum atomic E-state index is -3.54. The first-order valence-corrected chi connectivity index (χ1v) is 13.9. The first kappa shape index (κ1) is 28.1. The predicted molar refractivity (Wildman–Crippen MR) is 145 cm³/mol. The van der Waals surface area contributed by atoms with E-state index in [1.54, 1.807) is 0 Å². The number of rotatable bonds is 6. The van der Waals surface area contributed by atoms with E-state index in [-0.39, 0.29) is 47.0 Å². The number of fused-ring (bicyclic) bond motifs is 1. The molecule has 10 nitrogen and oxygen atoms in total. The monoisotopic (exact) mass is 576 g/mol. The van der Waals surface area contributed by atoms with Gasteiger partial charge in [0, 0.05) is 45.5 Å². The third kappa shape index (κ3) is 5.21. The van der Waals surface area contributed by atoms with Crippen molar-refractivity contribution in [2.24, 2.45) is 0 Å². The van der Waals surface area contributed by atoms with Gasteiger partial charge in [0.05, 0.1) is 22.5 Å². The summed E-state index contributed by atoms with van der Waals surface area (Å²) in [6.45, 7) is 0.206. The van der Waals surface area contributed by atoms with Crippen LogP contribution in [-0.2, 0) is 23.0 Å². The smallest absolute Gasteiger partial charge is 0.298 e. The van der Waals surface area contributed by atoms with E-state index < -0.39 is 39.0 Å². The Hall–Kier alpha value is -3.90. The minimum Gasteiger partial charge on any atom is -0.502 e. The number of anilines is 1. The van der Waals surface area contributed by atoms with Crippen molar-refractivity contribution in [3.63, 3.8) is 0 Å². The normalized spacial score (nSPS) is 13.3. The zero-order chi connectivity index (χ0) is 28.8. The molecule has 1 N–H and O–H groups in total. The van der Waals surface area contributed by atoms with Crippen LogP contribution in [0.15, 0.2) is 47.3 Å². The Kier molecular flexibility index (Phi) is 7.46. The topological polar surface area (TPSA) is 120 Å². The fourth-order valence-electron chi connectivity index (χ4n) is 4.39. The lowest BCUT2D eigenvalue weighted by atomic mass is 9.95. The number of amides is 2. The van der Waals surface area contributed by atoms with Gasteiger partial charge in [0.15, 0.2) is 5.75 Å². The molecule has 2 amide bonds. The fraction of sp³-hybridized carbons (Fsp3) is 0.269. The van der Waals surface area contributed by atoms with Crippen LogP contribution in [0.5, 0.6) is 5.75 Å². The highest BCUT2D eigenvalue weighted by Gasteiger charge is 2.36. The summed E-state index contributed by atoms with van der Waals surface area (Å²) in [6, 6.07) is 9.88. The summed E-state index contributed by atoms with van der Waals surface area (Å²) in [4.78, 5) is 42.9. The maximum absolute atomic E-state index is 13.6. The number of benzene rings is 2. The molecule has 2 heterocycles. The molecule has 0 bridgehead atoms. The minimum absolute atomic E-state index is 0.0487. The van der Waals surface area contributed by atoms with Crippen LogP contribution in [0.2, 0.25) is 5.02 Å². The summed E-state index contributed by atoms with van der Waals surface area (Å²) in [5.74, 6) is -2.63. The lowest BCUT2D eigenvalue weighted by Crippen LogP contribution is -2.42. The molecule has 1 aliphatic heterocycles. The molecule has 1 aliphatic rings. The van der Waals surface area contributed by atoms with Crippen molar-refractivity contribution >= 4 is 39.1 Å². The Morgan fingerprint density at radius 3 is 2.31 bits per heavy atom. The summed E-state index contributed by atoms with van der Waals surface area (Å²) in [6.07, 6.45) is 1.19.